The number of nitrogens with zero attached hydrogens (tertiary/aromatic N) is 3. The van der Waals surface area contributed by atoms with E-state index >= 15 is 0 Å². The van der Waals surface area contributed by atoms with Crippen LogP contribution < -0.4 is 5.32 Å². The highest BCUT2D eigenvalue weighted by molar-refractivity contribution is 5.92. The van der Waals surface area contributed by atoms with Gasteiger partial charge in [0.25, 0.3) is 0 Å². The summed E-state index contributed by atoms with van der Waals surface area (Å²) in [6, 6.07) is 7.82. The van der Waals surface area contributed by atoms with Gasteiger partial charge >= 0.3 is 5.97 Å². The Balaban J connectivity index is 1.90. The molecule has 2 N–H and O–H groups in total. The molecule has 0 saturated heterocycles. The number of carboxylic acids is 1. The standard InChI is InChI=1S/C17H18N4O3/c1-10-12(7-8-15(22)18-9-16(23)24)11(2)21-17(19-10)13-5-3-4-6-14(13)20-21/h3-6H,7-9H2,1-2H3,(H,18,22)(H,23,24). The Labute approximate surface area is 138 Å². The number of carbonyl (C=O) groups excluding carboxylic acids is 1. The fraction of sp³-hybridized carbons (Fsp3) is 0.294. The third-order valence-corrected chi connectivity index (χ3v) is 4.06. The van der Waals surface area contributed by atoms with Crippen LogP contribution in [0.15, 0.2) is 24.3 Å². The monoisotopic (exact) mass is 326 g/mol. The lowest BCUT2D eigenvalue weighted by atomic mass is 10.1. The third-order valence-electron chi connectivity index (χ3n) is 4.06. The summed E-state index contributed by atoms with van der Waals surface area (Å²) in [5, 5.41) is 16.5. The molecular formula is C17H18N4O3. The molecular weight excluding hydrogens is 308 g/mol. The molecule has 1 amide bonds. The summed E-state index contributed by atoms with van der Waals surface area (Å²) in [6.45, 7) is 3.51. The fourth-order valence-electron chi connectivity index (χ4n) is 2.84. The Morgan fingerprint density at radius 1 is 1.25 bits per heavy atom. The van der Waals surface area contributed by atoms with Gasteiger partial charge < -0.3 is 10.4 Å². The third kappa shape index (κ3) is 2.92. The zero-order valence-corrected chi connectivity index (χ0v) is 13.5. The summed E-state index contributed by atoms with van der Waals surface area (Å²) in [5.74, 6) is -1.34. The molecule has 0 atom stereocenters. The first-order valence-corrected chi connectivity index (χ1v) is 7.69. The highest BCUT2D eigenvalue weighted by atomic mass is 16.4. The molecule has 0 radical (unpaired) electrons. The number of amides is 1. The minimum absolute atomic E-state index is 0.211. The first kappa shape index (κ1) is 15.9. The van der Waals surface area contributed by atoms with Gasteiger partial charge in [-0.3, -0.25) is 9.59 Å². The van der Waals surface area contributed by atoms with E-state index in [0.717, 1.165) is 33.5 Å². The Morgan fingerprint density at radius 2 is 2.00 bits per heavy atom. The lowest BCUT2D eigenvalue weighted by Gasteiger charge is -2.11. The van der Waals surface area contributed by atoms with E-state index in [-0.39, 0.29) is 18.9 Å². The lowest BCUT2D eigenvalue weighted by molar-refractivity contribution is -0.137. The van der Waals surface area contributed by atoms with Crippen LogP contribution in [0.5, 0.6) is 0 Å². The van der Waals surface area contributed by atoms with E-state index in [0.29, 0.717) is 6.42 Å². The van der Waals surface area contributed by atoms with E-state index in [2.05, 4.69) is 15.4 Å². The molecule has 0 saturated carbocycles. The van der Waals surface area contributed by atoms with Crippen molar-refractivity contribution in [2.24, 2.45) is 0 Å². The summed E-state index contributed by atoms with van der Waals surface area (Å²) >= 11 is 0. The Morgan fingerprint density at radius 3 is 2.75 bits per heavy atom. The predicted octanol–water partition coefficient (Wildman–Crippen LogP) is 1.63. The van der Waals surface area contributed by atoms with Gasteiger partial charge in [-0.25, -0.2) is 9.50 Å². The predicted molar refractivity (Wildman–Crippen MR) is 88.9 cm³/mol. The van der Waals surface area contributed by atoms with Gasteiger partial charge in [0, 0.05) is 23.2 Å². The van der Waals surface area contributed by atoms with E-state index in [1.165, 1.54) is 0 Å². The molecule has 3 rings (SSSR count). The molecule has 2 aromatic heterocycles. The SMILES string of the molecule is Cc1nc2c3ccccc3nn2c(C)c1CCC(=O)NCC(=O)O. The zero-order chi connectivity index (χ0) is 17.3. The van der Waals surface area contributed by atoms with Crippen LogP contribution in [0.2, 0.25) is 0 Å². The maximum Gasteiger partial charge on any atom is 0.322 e. The number of aliphatic carboxylic acids is 1. The Kier molecular flexibility index (Phi) is 4.16. The van der Waals surface area contributed by atoms with Crippen molar-refractivity contribution in [3.05, 3.63) is 41.2 Å². The van der Waals surface area contributed by atoms with Gasteiger partial charge in [-0.15, -0.1) is 0 Å². The van der Waals surface area contributed by atoms with Gasteiger partial charge in [0.05, 0.1) is 5.52 Å². The summed E-state index contributed by atoms with van der Waals surface area (Å²) in [7, 11) is 0. The largest absolute Gasteiger partial charge is 0.480 e. The number of aryl methyl sites for hydroxylation is 2. The van der Waals surface area contributed by atoms with Crippen molar-refractivity contribution in [1.82, 2.24) is 19.9 Å². The van der Waals surface area contributed by atoms with Gasteiger partial charge in [-0.1, -0.05) is 12.1 Å². The number of carboxylic acid groups (broad SMARTS) is 1. The molecule has 2 heterocycles. The van der Waals surface area contributed by atoms with Crippen LogP contribution >= 0.6 is 0 Å². The van der Waals surface area contributed by atoms with Gasteiger partial charge in [-0.2, -0.15) is 5.10 Å². The first-order valence-electron chi connectivity index (χ1n) is 7.69. The van der Waals surface area contributed by atoms with Crippen LogP contribution in [0.3, 0.4) is 0 Å². The molecule has 7 nitrogen and oxygen atoms in total. The summed E-state index contributed by atoms with van der Waals surface area (Å²) in [6.07, 6.45) is 0.700. The van der Waals surface area contributed by atoms with Crippen molar-refractivity contribution in [3.8, 4) is 0 Å². The second-order valence-corrected chi connectivity index (χ2v) is 5.68. The van der Waals surface area contributed by atoms with Crippen LogP contribution in [0, 0.1) is 13.8 Å². The first-order chi connectivity index (χ1) is 11.5. The van der Waals surface area contributed by atoms with Gasteiger partial charge in [0.15, 0.2) is 5.65 Å². The minimum atomic E-state index is -1.05. The molecule has 0 aliphatic heterocycles. The van der Waals surface area contributed by atoms with Crippen LogP contribution in [0.1, 0.15) is 23.4 Å². The maximum absolute atomic E-state index is 11.7. The maximum atomic E-state index is 11.7. The Bertz CT molecular complexity index is 946. The van der Waals surface area contributed by atoms with Crippen molar-refractivity contribution in [3.63, 3.8) is 0 Å². The van der Waals surface area contributed by atoms with E-state index < -0.39 is 5.97 Å². The molecule has 24 heavy (non-hydrogen) atoms. The van der Waals surface area contributed by atoms with E-state index in [1.807, 2.05) is 42.6 Å². The van der Waals surface area contributed by atoms with Crippen molar-refractivity contribution in [1.29, 1.82) is 0 Å². The number of carbonyl (C=O) groups is 2. The summed E-state index contributed by atoms with van der Waals surface area (Å²) < 4.78 is 1.81. The summed E-state index contributed by atoms with van der Waals surface area (Å²) in [5.41, 5.74) is 4.45. The molecule has 3 aromatic rings. The number of hydrogen-bond acceptors (Lipinski definition) is 4. The zero-order valence-electron chi connectivity index (χ0n) is 13.5. The molecule has 0 bridgehead atoms. The lowest BCUT2D eigenvalue weighted by Crippen LogP contribution is -2.29. The number of hydrogen-bond donors (Lipinski definition) is 2. The number of nitrogens with one attached hydrogen (secondary N) is 1. The number of benzene rings is 1. The second-order valence-electron chi connectivity index (χ2n) is 5.68. The van der Waals surface area contributed by atoms with Crippen LogP contribution in [0.25, 0.3) is 16.6 Å². The number of fused-ring (bicyclic) bond motifs is 3. The molecule has 0 unspecified atom stereocenters. The smallest absolute Gasteiger partial charge is 0.322 e. The average molecular weight is 326 g/mol. The van der Waals surface area contributed by atoms with Crippen LogP contribution in [-0.4, -0.2) is 38.1 Å². The minimum Gasteiger partial charge on any atom is -0.480 e. The van der Waals surface area contributed by atoms with E-state index in [4.69, 9.17) is 5.11 Å². The topological polar surface area (TPSA) is 96.6 Å². The van der Waals surface area contributed by atoms with Gasteiger partial charge in [0.1, 0.15) is 6.54 Å². The molecule has 0 aliphatic carbocycles. The highest BCUT2D eigenvalue weighted by Gasteiger charge is 2.15. The Hall–Kier alpha value is -2.96. The molecule has 0 fully saturated rings. The van der Waals surface area contributed by atoms with Gasteiger partial charge in [0.2, 0.25) is 5.91 Å². The molecule has 7 heteroatoms. The van der Waals surface area contributed by atoms with Crippen LogP contribution in [0.4, 0.5) is 0 Å². The van der Waals surface area contributed by atoms with Crippen molar-refractivity contribution >= 4 is 28.4 Å². The fourth-order valence-corrected chi connectivity index (χ4v) is 2.84. The molecule has 0 spiro atoms. The number of aromatic nitrogens is 3. The van der Waals surface area contributed by atoms with Crippen molar-refractivity contribution < 1.29 is 14.7 Å². The van der Waals surface area contributed by atoms with Gasteiger partial charge in [-0.05, 0) is 38.0 Å². The second kappa shape index (κ2) is 6.27. The number of rotatable bonds is 5. The quantitative estimate of drug-likeness (QED) is 0.743. The molecule has 124 valence electrons. The highest BCUT2D eigenvalue weighted by Crippen LogP contribution is 2.22. The molecule has 1 aromatic carbocycles. The van der Waals surface area contributed by atoms with Crippen LogP contribution in [-0.2, 0) is 16.0 Å². The normalized spacial score (nSPS) is 11.1. The van der Waals surface area contributed by atoms with Crippen molar-refractivity contribution in [2.75, 3.05) is 6.54 Å². The van der Waals surface area contributed by atoms with E-state index in [9.17, 15) is 9.59 Å². The average Bonchev–Trinajstić information content (AvgIpc) is 2.91. The van der Waals surface area contributed by atoms with Crippen molar-refractivity contribution in [2.45, 2.75) is 26.7 Å². The van der Waals surface area contributed by atoms with E-state index in [1.54, 1.807) is 0 Å². The summed E-state index contributed by atoms with van der Waals surface area (Å²) in [4.78, 5) is 26.9. The molecule has 0 aliphatic rings.